The summed E-state index contributed by atoms with van der Waals surface area (Å²) < 4.78 is 22.1. The molecule has 0 radical (unpaired) electrons. The van der Waals surface area contributed by atoms with Crippen LogP contribution < -0.4 is 0 Å². The number of rotatable bonds is 2. The lowest BCUT2D eigenvalue weighted by molar-refractivity contribution is 0.602. The molecule has 13 heavy (non-hydrogen) atoms. The molecule has 0 saturated heterocycles. The van der Waals surface area contributed by atoms with E-state index in [1.54, 1.807) is 12.1 Å². The summed E-state index contributed by atoms with van der Waals surface area (Å²) >= 11 is 0. The Labute approximate surface area is 77.8 Å². The van der Waals surface area contributed by atoms with Crippen molar-refractivity contribution in [2.45, 2.75) is 11.4 Å². The van der Waals surface area contributed by atoms with Crippen LogP contribution in [0.25, 0.3) is 4.85 Å². The maximum Gasteiger partial charge on any atom is 0.239 e. The Morgan fingerprint density at radius 3 is 2.23 bits per heavy atom. The van der Waals surface area contributed by atoms with Gasteiger partial charge in [-0.05, 0) is 12.1 Å². The third-order valence-electron chi connectivity index (χ3n) is 1.61. The Morgan fingerprint density at radius 2 is 1.85 bits per heavy atom. The molecular weight excluding hydrogens is 186 g/mol. The van der Waals surface area contributed by atoms with E-state index >= 15 is 0 Å². The van der Waals surface area contributed by atoms with Crippen molar-refractivity contribution >= 4 is 9.84 Å². The van der Waals surface area contributed by atoms with Crippen LogP contribution in [0.2, 0.25) is 0 Å². The first-order valence-electron chi connectivity index (χ1n) is 3.66. The second-order valence-electron chi connectivity index (χ2n) is 2.73. The largest absolute Gasteiger partial charge is 0.312 e. The van der Waals surface area contributed by atoms with Crippen molar-refractivity contribution in [2.75, 3.05) is 6.26 Å². The van der Waals surface area contributed by atoms with Crippen LogP contribution in [0, 0.1) is 6.57 Å². The van der Waals surface area contributed by atoms with Crippen LogP contribution in [0.4, 0.5) is 0 Å². The molecule has 0 N–H and O–H groups in total. The van der Waals surface area contributed by atoms with Gasteiger partial charge in [0.15, 0.2) is 9.84 Å². The standard InChI is InChI=1S/C9H9NO2S/c1-10-7-8-3-5-9(6-4-8)13(2,11)12/h3-6H,7H2,2H3. The molecular formula is C9H9NO2S. The Bertz CT molecular complexity index is 426. The molecule has 0 heterocycles. The van der Waals surface area contributed by atoms with Crippen LogP contribution in [0.3, 0.4) is 0 Å². The SMILES string of the molecule is [C-]#[N+]Cc1ccc(S(C)(=O)=O)cc1. The summed E-state index contributed by atoms with van der Waals surface area (Å²) in [4.78, 5) is 3.49. The molecule has 0 fully saturated rings. The van der Waals surface area contributed by atoms with Gasteiger partial charge in [-0.15, -0.1) is 0 Å². The van der Waals surface area contributed by atoms with Crippen LogP contribution >= 0.6 is 0 Å². The molecule has 0 saturated carbocycles. The van der Waals surface area contributed by atoms with E-state index in [0.717, 1.165) is 11.8 Å². The Morgan fingerprint density at radius 1 is 1.31 bits per heavy atom. The second kappa shape index (κ2) is 3.58. The summed E-state index contributed by atoms with van der Waals surface area (Å²) in [6, 6.07) is 6.37. The van der Waals surface area contributed by atoms with Crippen LogP contribution in [0.15, 0.2) is 29.2 Å². The van der Waals surface area contributed by atoms with Crippen LogP contribution in [-0.4, -0.2) is 14.7 Å². The summed E-state index contributed by atoms with van der Waals surface area (Å²) in [7, 11) is -3.11. The average molecular weight is 195 g/mol. The maximum absolute atomic E-state index is 11.0. The zero-order valence-corrected chi connectivity index (χ0v) is 8.00. The first-order valence-corrected chi connectivity index (χ1v) is 5.55. The third kappa shape index (κ3) is 2.56. The molecule has 0 spiro atoms. The van der Waals surface area contributed by atoms with E-state index in [4.69, 9.17) is 6.57 Å². The van der Waals surface area contributed by atoms with Gasteiger partial charge in [-0.3, -0.25) is 0 Å². The lowest BCUT2D eigenvalue weighted by atomic mass is 10.2. The van der Waals surface area contributed by atoms with Crippen molar-refractivity contribution in [3.05, 3.63) is 41.2 Å². The molecule has 0 amide bonds. The third-order valence-corrected chi connectivity index (χ3v) is 2.74. The van der Waals surface area contributed by atoms with E-state index in [0.29, 0.717) is 11.4 Å². The molecule has 1 aromatic carbocycles. The lowest BCUT2D eigenvalue weighted by Crippen LogP contribution is -1.96. The summed E-state index contributed by atoms with van der Waals surface area (Å²) in [5.41, 5.74) is 0.836. The van der Waals surface area contributed by atoms with E-state index in [1.807, 2.05) is 0 Å². The van der Waals surface area contributed by atoms with Gasteiger partial charge in [0.25, 0.3) is 0 Å². The van der Waals surface area contributed by atoms with Crippen LogP contribution in [0.1, 0.15) is 5.56 Å². The first-order chi connectivity index (χ1) is 6.04. The average Bonchev–Trinajstić information content (AvgIpc) is 2.04. The summed E-state index contributed by atoms with van der Waals surface area (Å²) in [5, 5.41) is 0. The minimum Gasteiger partial charge on any atom is -0.312 e. The van der Waals surface area contributed by atoms with E-state index in [2.05, 4.69) is 4.85 Å². The van der Waals surface area contributed by atoms with Crippen molar-refractivity contribution < 1.29 is 8.42 Å². The quantitative estimate of drug-likeness (QED) is 0.671. The number of hydrogen-bond donors (Lipinski definition) is 0. The predicted octanol–water partition coefficient (Wildman–Crippen LogP) is 1.51. The maximum atomic E-state index is 11.0. The Hall–Kier alpha value is -1.34. The van der Waals surface area contributed by atoms with Gasteiger partial charge in [0, 0.05) is 11.8 Å². The molecule has 0 aliphatic carbocycles. The van der Waals surface area contributed by atoms with Crippen LogP contribution in [-0.2, 0) is 16.4 Å². The molecule has 3 nitrogen and oxygen atoms in total. The molecule has 0 atom stereocenters. The monoisotopic (exact) mass is 195 g/mol. The smallest absolute Gasteiger partial charge is 0.239 e. The van der Waals surface area contributed by atoms with Gasteiger partial charge in [0.05, 0.1) is 4.90 Å². The van der Waals surface area contributed by atoms with Crippen molar-refractivity contribution in [3.8, 4) is 0 Å². The topological polar surface area (TPSA) is 38.5 Å². The van der Waals surface area contributed by atoms with Crippen molar-refractivity contribution in [3.63, 3.8) is 0 Å². The van der Waals surface area contributed by atoms with E-state index in [1.165, 1.54) is 12.1 Å². The number of nitrogens with zero attached hydrogens (tertiary/aromatic N) is 1. The Kier molecular flexibility index (Phi) is 2.69. The molecule has 0 bridgehead atoms. The number of hydrogen-bond acceptors (Lipinski definition) is 2. The molecule has 0 aliphatic rings. The highest BCUT2D eigenvalue weighted by molar-refractivity contribution is 7.90. The molecule has 0 unspecified atom stereocenters. The normalized spacial score (nSPS) is 10.8. The zero-order valence-electron chi connectivity index (χ0n) is 7.19. The van der Waals surface area contributed by atoms with Crippen LogP contribution in [0.5, 0.6) is 0 Å². The molecule has 68 valence electrons. The molecule has 0 aliphatic heterocycles. The van der Waals surface area contributed by atoms with Gasteiger partial charge >= 0.3 is 0 Å². The fourth-order valence-electron chi connectivity index (χ4n) is 0.933. The second-order valence-corrected chi connectivity index (χ2v) is 4.75. The zero-order chi connectivity index (χ0) is 9.90. The van der Waals surface area contributed by atoms with E-state index < -0.39 is 9.84 Å². The number of sulfone groups is 1. The fraction of sp³-hybridized carbons (Fsp3) is 0.222. The van der Waals surface area contributed by atoms with E-state index in [-0.39, 0.29) is 0 Å². The number of benzene rings is 1. The van der Waals surface area contributed by atoms with Crippen molar-refractivity contribution in [1.29, 1.82) is 0 Å². The van der Waals surface area contributed by atoms with Gasteiger partial charge in [-0.1, -0.05) is 12.1 Å². The van der Waals surface area contributed by atoms with Gasteiger partial charge in [-0.25, -0.2) is 15.0 Å². The lowest BCUT2D eigenvalue weighted by Gasteiger charge is -1.97. The minimum atomic E-state index is -3.11. The highest BCUT2D eigenvalue weighted by atomic mass is 32.2. The summed E-state index contributed by atoms with van der Waals surface area (Å²) in [6.45, 7) is 6.92. The molecule has 1 rings (SSSR count). The van der Waals surface area contributed by atoms with Crippen molar-refractivity contribution in [2.24, 2.45) is 0 Å². The highest BCUT2D eigenvalue weighted by Crippen LogP contribution is 2.10. The van der Waals surface area contributed by atoms with Gasteiger partial charge < -0.3 is 4.85 Å². The minimum absolute atomic E-state index is 0.293. The van der Waals surface area contributed by atoms with Gasteiger partial charge in [0.2, 0.25) is 6.54 Å². The predicted molar refractivity (Wildman–Crippen MR) is 49.9 cm³/mol. The van der Waals surface area contributed by atoms with Crippen molar-refractivity contribution in [1.82, 2.24) is 0 Å². The molecule has 1 aromatic rings. The summed E-state index contributed by atoms with van der Waals surface area (Å²) in [6.07, 6.45) is 1.16. The molecule has 4 heteroatoms. The van der Waals surface area contributed by atoms with Gasteiger partial charge in [0.1, 0.15) is 0 Å². The Balaban J connectivity index is 3.03. The fourth-order valence-corrected chi connectivity index (χ4v) is 1.56. The van der Waals surface area contributed by atoms with Gasteiger partial charge in [-0.2, -0.15) is 0 Å². The first kappa shape index (κ1) is 9.75. The highest BCUT2D eigenvalue weighted by Gasteiger charge is 2.06. The van der Waals surface area contributed by atoms with E-state index in [9.17, 15) is 8.42 Å². The summed E-state index contributed by atoms with van der Waals surface area (Å²) in [5.74, 6) is 0. The molecule has 0 aromatic heterocycles.